The number of piperidine rings is 1. The lowest BCUT2D eigenvalue weighted by molar-refractivity contribution is -0.0210. The minimum absolute atomic E-state index is 0.0399. The van der Waals surface area contributed by atoms with Gasteiger partial charge < -0.3 is 19.7 Å². The van der Waals surface area contributed by atoms with Crippen LogP contribution in [0.3, 0.4) is 0 Å². The Bertz CT molecular complexity index is 1260. The molecule has 8 heteroatoms. The van der Waals surface area contributed by atoms with E-state index in [4.69, 9.17) is 21.1 Å². The number of para-hydroxylation sites is 1. The van der Waals surface area contributed by atoms with Crippen LogP contribution in [0.1, 0.15) is 36.8 Å². The number of likely N-dealkylation sites (tertiary alicyclic amines) is 1. The number of aromatic nitrogens is 1. The number of halogens is 1. The van der Waals surface area contributed by atoms with E-state index in [2.05, 4.69) is 38.3 Å². The second kappa shape index (κ2) is 11.5. The number of hydrogen-bond donors (Lipinski definition) is 1. The average Bonchev–Trinajstić information content (AvgIpc) is 3.33. The molecule has 2 aromatic carbocycles. The SMILES string of the molecule is O=C1NCC(c2cccc(Cl)c2)(C2CCOCC2)N1C1CCN(Cc2ccc(Oc3ccccc3)nc2)CC1. The van der Waals surface area contributed by atoms with Crippen molar-refractivity contribution in [2.75, 3.05) is 32.8 Å². The first-order chi connectivity index (χ1) is 19.1. The van der Waals surface area contributed by atoms with E-state index < -0.39 is 5.54 Å². The van der Waals surface area contributed by atoms with Crippen molar-refractivity contribution in [3.63, 3.8) is 0 Å². The Hall–Kier alpha value is -3.13. The molecule has 4 heterocycles. The van der Waals surface area contributed by atoms with Gasteiger partial charge in [-0.25, -0.2) is 9.78 Å². The zero-order chi connectivity index (χ0) is 26.7. The first-order valence-electron chi connectivity index (χ1n) is 13.9. The second-order valence-corrected chi connectivity index (χ2v) is 11.2. The molecular formula is C31H35ClN4O3. The summed E-state index contributed by atoms with van der Waals surface area (Å²) < 4.78 is 11.5. The number of urea groups is 1. The highest BCUT2D eigenvalue weighted by atomic mass is 35.5. The molecule has 1 atom stereocenters. The van der Waals surface area contributed by atoms with Gasteiger partial charge in [-0.1, -0.05) is 48.0 Å². The van der Waals surface area contributed by atoms with E-state index in [9.17, 15) is 4.79 Å². The summed E-state index contributed by atoms with van der Waals surface area (Å²) in [6.07, 6.45) is 5.64. The van der Waals surface area contributed by atoms with Gasteiger partial charge in [0, 0.05) is 62.7 Å². The molecule has 6 rings (SSSR count). The Labute approximate surface area is 235 Å². The Balaban J connectivity index is 1.14. The smallest absolute Gasteiger partial charge is 0.318 e. The van der Waals surface area contributed by atoms with Gasteiger partial charge in [0.15, 0.2) is 0 Å². The molecule has 3 saturated heterocycles. The van der Waals surface area contributed by atoms with Crippen LogP contribution in [0.15, 0.2) is 72.9 Å². The van der Waals surface area contributed by atoms with Gasteiger partial charge in [-0.15, -0.1) is 0 Å². The largest absolute Gasteiger partial charge is 0.439 e. The number of amides is 2. The van der Waals surface area contributed by atoms with E-state index in [-0.39, 0.29) is 12.1 Å². The molecule has 0 bridgehead atoms. The van der Waals surface area contributed by atoms with Crippen molar-refractivity contribution in [2.24, 2.45) is 5.92 Å². The molecule has 204 valence electrons. The number of benzene rings is 2. The lowest BCUT2D eigenvalue weighted by Gasteiger charge is -2.49. The third kappa shape index (κ3) is 5.49. The quantitative estimate of drug-likeness (QED) is 0.403. The summed E-state index contributed by atoms with van der Waals surface area (Å²) >= 11 is 6.47. The van der Waals surface area contributed by atoms with E-state index in [0.717, 1.165) is 75.4 Å². The fourth-order valence-electron chi connectivity index (χ4n) is 6.57. The first kappa shape index (κ1) is 26.1. The van der Waals surface area contributed by atoms with Crippen LogP contribution in [-0.2, 0) is 16.8 Å². The van der Waals surface area contributed by atoms with Gasteiger partial charge in [-0.05, 0) is 67.0 Å². The van der Waals surface area contributed by atoms with Crippen LogP contribution in [0.5, 0.6) is 11.6 Å². The number of hydrogen-bond acceptors (Lipinski definition) is 5. The van der Waals surface area contributed by atoms with Gasteiger partial charge in [-0.3, -0.25) is 4.90 Å². The van der Waals surface area contributed by atoms with E-state index in [1.807, 2.05) is 54.7 Å². The summed E-state index contributed by atoms with van der Waals surface area (Å²) in [7, 11) is 0. The maximum absolute atomic E-state index is 13.4. The second-order valence-electron chi connectivity index (χ2n) is 10.8. The zero-order valence-electron chi connectivity index (χ0n) is 22.1. The average molecular weight is 547 g/mol. The maximum atomic E-state index is 13.4. The molecule has 0 saturated carbocycles. The van der Waals surface area contributed by atoms with Crippen LogP contribution in [-0.4, -0.2) is 59.7 Å². The topological polar surface area (TPSA) is 66.9 Å². The van der Waals surface area contributed by atoms with Crippen LogP contribution in [0.4, 0.5) is 4.79 Å². The molecule has 0 radical (unpaired) electrons. The van der Waals surface area contributed by atoms with Crippen molar-refractivity contribution >= 4 is 17.6 Å². The van der Waals surface area contributed by atoms with Gasteiger partial charge in [0.1, 0.15) is 5.75 Å². The van der Waals surface area contributed by atoms with Gasteiger partial charge >= 0.3 is 6.03 Å². The monoisotopic (exact) mass is 546 g/mol. The van der Waals surface area contributed by atoms with Crippen LogP contribution >= 0.6 is 11.6 Å². The lowest BCUT2D eigenvalue weighted by Crippen LogP contribution is -2.57. The van der Waals surface area contributed by atoms with Crippen molar-refractivity contribution < 1.29 is 14.3 Å². The number of carbonyl (C=O) groups excluding carboxylic acids is 1. The molecule has 3 fully saturated rings. The number of pyridine rings is 1. The van der Waals surface area contributed by atoms with Crippen molar-refractivity contribution in [1.82, 2.24) is 20.1 Å². The number of nitrogens with one attached hydrogen (secondary N) is 1. The van der Waals surface area contributed by atoms with Gasteiger partial charge in [0.05, 0.1) is 5.54 Å². The zero-order valence-corrected chi connectivity index (χ0v) is 22.9. The third-order valence-corrected chi connectivity index (χ3v) is 8.71. The maximum Gasteiger partial charge on any atom is 0.318 e. The fourth-order valence-corrected chi connectivity index (χ4v) is 6.76. The van der Waals surface area contributed by atoms with Gasteiger partial charge in [0.2, 0.25) is 5.88 Å². The summed E-state index contributed by atoms with van der Waals surface area (Å²) in [6.45, 7) is 4.76. The highest BCUT2D eigenvalue weighted by Gasteiger charge is 2.54. The number of ether oxygens (including phenoxy) is 2. The van der Waals surface area contributed by atoms with Gasteiger partial charge in [-0.2, -0.15) is 0 Å². The summed E-state index contributed by atoms with van der Waals surface area (Å²) in [5, 5.41) is 3.93. The molecule has 3 aromatic rings. The Kier molecular flexibility index (Phi) is 7.73. The molecule has 3 aliphatic rings. The molecule has 1 unspecified atom stereocenters. The van der Waals surface area contributed by atoms with Gasteiger partial charge in [0.25, 0.3) is 0 Å². The highest BCUT2D eigenvalue weighted by molar-refractivity contribution is 6.30. The van der Waals surface area contributed by atoms with E-state index in [0.29, 0.717) is 23.4 Å². The highest BCUT2D eigenvalue weighted by Crippen LogP contribution is 2.46. The third-order valence-electron chi connectivity index (χ3n) is 8.47. The molecule has 3 aliphatic heterocycles. The summed E-state index contributed by atoms with van der Waals surface area (Å²) in [5.74, 6) is 1.69. The van der Waals surface area contributed by atoms with Crippen LogP contribution in [0, 0.1) is 5.92 Å². The van der Waals surface area contributed by atoms with Crippen molar-refractivity contribution in [1.29, 1.82) is 0 Å². The molecule has 1 N–H and O–H groups in total. The Morgan fingerprint density at radius 3 is 2.51 bits per heavy atom. The number of carbonyl (C=O) groups is 1. The molecule has 39 heavy (non-hydrogen) atoms. The van der Waals surface area contributed by atoms with Crippen LogP contribution in [0.2, 0.25) is 5.02 Å². The molecule has 0 spiro atoms. The number of rotatable bonds is 7. The fraction of sp³-hybridized carbons (Fsp3) is 0.419. The van der Waals surface area contributed by atoms with E-state index >= 15 is 0 Å². The summed E-state index contributed by atoms with van der Waals surface area (Å²) in [4.78, 5) is 22.6. The first-order valence-corrected chi connectivity index (χ1v) is 14.3. The molecule has 2 amide bonds. The van der Waals surface area contributed by atoms with E-state index in [1.54, 1.807) is 0 Å². The Morgan fingerprint density at radius 2 is 1.79 bits per heavy atom. The number of nitrogens with zero attached hydrogens (tertiary/aromatic N) is 3. The van der Waals surface area contributed by atoms with Crippen LogP contribution in [0.25, 0.3) is 0 Å². The normalized spacial score (nSPS) is 23.1. The van der Waals surface area contributed by atoms with Crippen molar-refractivity contribution in [2.45, 2.75) is 43.8 Å². The standard InChI is InChI=1S/C31H35ClN4O3/c32-26-6-4-5-25(19-26)31(24-13-17-38-18-14-24)22-34-30(37)36(31)27-11-15-35(16-12-27)21-23-9-10-29(33-20-23)39-28-7-2-1-3-8-28/h1-10,19-20,24,27H,11-18,21-22H2,(H,34,37). The van der Waals surface area contributed by atoms with Crippen molar-refractivity contribution in [3.05, 3.63) is 89.1 Å². The van der Waals surface area contributed by atoms with Crippen molar-refractivity contribution in [3.8, 4) is 11.6 Å². The molecule has 7 nitrogen and oxygen atoms in total. The summed E-state index contributed by atoms with van der Waals surface area (Å²) in [5.41, 5.74) is 1.88. The minimum Gasteiger partial charge on any atom is -0.439 e. The molecular weight excluding hydrogens is 512 g/mol. The lowest BCUT2D eigenvalue weighted by atomic mass is 9.72. The predicted molar refractivity (Wildman–Crippen MR) is 151 cm³/mol. The summed E-state index contributed by atoms with van der Waals surface area (Å²) in [6, 6.07) is 22.0. The van der Waals surface area contributed by atoms with E-state index in [1.165, 1.54) is 0 Å². The van der Waals surface area contributed by atoms with Crippen LogP contribution < -0.4 is 10.1 Å². The molecule has 0 aliphatic carbocycles. The molecule has 1 aromatic heterocycles. The predicted octanol–water partition coefficient (Wildman–Crippen LogP) is 5.84. The Morgan fingerprint density at radius 1 is 1.00 bits per heavy atom. The minimum atomic E-state index is -0.406.